The van der Waals surface area contributed by atoms with Gasteiger partial charge in [-0.2, -0.15) is 0 Å². The first-order valence-electron chi connectivity index (χ1n) is 16.8. The zero-order valence-electron chi connectivity index (χ0n) is 28.1. The first-order valence-corrected chi connectivity index (χ1v) is 18.6. The maximum Gasteiger partial charge on any atom is 0.410 e. The molecule has 1 aliphatic carbocycles. The summed E-state index contributed by atoms with van der Waals surface area (Å²) in [5.74, 6) is 1.01. The van der Waals surface area contributed by atoms with E-state index in [0.29, 0.717) is 39.7 Å². The van der Waals surface area contributed by atoms with Crippen molar-refractivity contribution in [2.45, 2.75) is 81.9 Å². The number of amides is 1. The fraction of sp³-hybridized carbons (Fsp3) is 0.472. The van der Waals surface area contributed by atoms with Gasteiger partial charge in [0.2, 0.25) is 5.95 Å². The summed E-state index contributed by atoms with van der Waals surface area (Å²) in [5, 5.41) is 4.65. The third-order valence-electron chi connectivity index (χ3n) is 9.39. The van der Waals surface area contributed by atoms with E-state index in [0.717, 1.165) is 63.5 Å². The molecule has 10 nitrogen and oxygen atoms in total. The molecule has 2 aromatic carbocycles. The summed E-state index contributed by atoms with van der Waals surface area (Å²) in [6.07, 6.45) is 9.12. The number of hydrogen-bond acceptors (Lipinski definition) is 8. The van der Waals surface area contributed by atoms with E-state index < -0.39 is 15.6 Å². The summed E-state index contributed by atoms with van der Waals surface area (Å²) < 4.78 is 34.2. The minimum Gasteiger partial charge on any atom is -0.444 e. The Kier molecular flexibility index (Phi) is 10.0. The van der Waals surface area contributed by atoms with E-state index in [-0.39, 0.29) is 17.0 Å². The standard InChI is InChI=1S/C36H45ClN6O4S/c1-36(2,3)47-35(44)42-19-17-25(18-20-42)23-41(4)27-12-10-11-26(21-27)39-34-38-22-31(37)33(40-34)30-24-43(32-16-9-8-15-29(30)32)48(45,46)28-13-6-5-7-14-28/h5-9,13-16,22,24-27H,10-12,17-21,23H2,1-4H3,(H,38,39,40)/t26-,27+/m1/s1. The highest BCUT2D eigenvalue weighted by molar-refractivity contribution is 7.90. The number of rotatable bonds is 8. The molecule has 2 aliphatic rings. The topological polar surface area (TPSA) is 110 Å². The number of likely N-dealkylation sites (tertiary alicyclic amines) is 1. The van der Waals surface area contributed by atoms with E-state index >= 15 is 0 Å². The van der Waals surface area contributed by atoms with E-state index in [1.807, 2.05) is 43.9 Å². The van der Waals surface area contributed by atoms with Gasteiger partial charge in [0, 0.05) is 48.9 Å². The molecule has 2 atom stereocenters. The van der Waals surface area contributed by atoms with Crippen molar-refractivity contribution >= 4 is 44.6 Å². The summed E-state index contributed by atoms with van der Waals surface area (Å²) in [6, 6.07) is 16.4. The van der Waals surface area contributed by atoms with Gasteiger partial charge in [-0.15, -0.1) is 0 Å². The van der Waals surface area contributed by atoms with Crippen LogP contribution in [0.5, 0.6) is 0 Å². The number of carbonyl (C=O) groups excluding carboxylic acids is 1. The van der Waals surface area contributed by atoms with Crippen molar-refractivity contribution in [2.24, 2.45) is 5.92 Å². The second-order valence-corrected chi connectivity index (χ2v) is 16.3. The zero-order chi connectivity index (χ0) is 34.1. The highest BCUT2D eigenvalue weighted by atomic mass is 35.5. The summed E-state index contributed by atoms with van der Waals surface area (Å²) >= 11 is 6.68. The van der Waals surface area contributed by atoms with Gasteiger partial charge in [-0.3, -0.25) is 0 Å². The quantitative estimate of drug-likeness (QED) is 0.205. The molecule has 2 aromatic heterocycles. The number of aromatic nitrogens is 3. The number of carbonyl (C=O) groups is 1. The molecule has 4 aromatic rings. The van der Waals surface area contributed by atoms with Crippen LogP contribution in [-0.4, -0.2) is 82.6 Å². The van der Waals surface area contributed by atoms with Crippen molar-refractivity contribution < 1.29 is 17.9 Å². The number of ether oxygens (including phenoxy) is 1. The fourth-order valence-electron chi connectivity index (χ4n) is 6.93. The molecule has 0 radical (unpaired) electrons. The molecule has 1 saturated carbocycles. The molecule has 1 aliphatic heterocycles. The minimum atomic E-state index is -3.85. The monoisotopic (exact) mass is 692 g/mol. The summed E-state index contributed by atoms with van der Waals surface area (Å²) in [7, 11) is -1.64. The molecule has 48 heavy (non-hydrogen) atoms. The van der Waals surface area contributed by atoms with Gasteiger partial charge in [-0.25, -0.2) is 27.2 Å². The molecule has 0 unspecified atom stereocenters. The lowest BCUT2D eigenvalue weighted by molar-refractivity contribution is 0.0163. The molecule has 1 N–H and O–H groups in total. The Hall–Kier alpha value is -3.67. The minimum absolute atomic E-state index is 0.189. The number of benzene rings is 2. The highest BCUT2D eigenvalue weighted by Gasteiger charge is 2.31. The van der Waals surface area contributed by atoms with E-state index in [1.54, 1.807) is 48.8 Å². The van der Waals surface area contributed by atoms with Crippen molar-refractivity contribution in [3.63, 3.8) is 0 Å². The molecule has 0 bridgehead atoms. The van der Waals surface area contributed by atoms with E-state index in [1.165, 1.54) is 3.97 Å². The maximum atomic E-state index is 13.7. The lowest BCUT2D eigenvalue weighted by Gasteiger charge is -2.39. The van der Waals surface area contributed by atoms with Gasteiger partial charge < -0.3 is 19.9 Å². The fourth-order valence-corrected chi connectivity index (χ4v) is 8.51. The molecule has 1 saturated heterocycles. The largest absolute Gasteiger partial charge is 0.444 e. The van der Waals surface area contributed by atoms with Crippen LogP contribution in [0.2, 0.25) is 5.02 Å². The first kappa shape index (κ1) is 34.2. The van der Waals surface area contributed by atoms with Gasteiger partial charge in [0.05, 0.1) is 27.3 Å². The third-order valence-corrected chi connectivity index (χ3v) is 11.4. The lowest BCUT2D eigenvalue weighted by atomic mass is 9.88. The lowest BCUT2D eigenvalue weighted by Crippen LogP contribution is -2.46. The van der Waals surface area contributed by atoms with Crippen LogP contribution in [0.3, 0.4) is 0 Å². The van der Waals surface area contributed by atoms with E-state index in [2.05, 4.69) is 22.2 Å². The van der Waals surface area contributed by atoms with Crippen molar-refractivity contribution in [1.82, 2.24) is 23.7 Å². The number of nitrogens with one attached hydrogen (secondary N) is 1. The Morgan fingerprint density at radius 1 is 1.04 bits per heavy atom. The van der Waals surface area contributed by atoms with Crippen LogP contribution in [-0.2, 0) is 14.8 Å². The van der Waals surface area contributed by atoms with Crippen molar-refractivity contribution in [1.29, 1.82) is 0 Å². The van der Waals surface area contributed by atoms with Crippen molar-refractivity contribution in [2.75, 3.05) is 32.0 Å². The third kappa shape index (κ3) is 7.63. The van der Waals surface area contributed by atoms with E-state index in [9.17, 15) is 13.2 Å². The Balaban J connectivity index is 1.13. The Morgan fingerprint density at radius 2 is 1.75 bits per heavy atom. The molecular weight excluding hydrogens is 648 g/mol. The predicted molar refractivity (Wildman–Crippen MR) is 190 cm³/mol. The second kappa shape index (κ2) is 14.1. The first-order chi connectivity index (χ1) is 22.9. The van der Waals surface area contributed by atoms with Crippen LogP contribution in [0.1, 0.15) is 59.3 Å². The number of nitrogens with zero attached hydrogens (tertiary/aromatic N) is 5. The number of hydrogen-bond donors (Lipinski definition) is 1. The highest BCUT2D eigenvalue weighted by Crippen LogP contribution is 2.36. The second-order valence-electron chi connectivity index (χ2n) is 14.1. The SMILES string of the molecule is CN(CC1CCN(C(=O)OC(C)(C)C)CC1)[C@H]1CCC[C@@H](Nc2ncc(Cl)c(-c3cn(S(=O)(=O)c4ccccc4)c4ccccc34)n2)C1. The summed E-state index contributed by atoms with van der Waals surface area (Å²) in [6.45, 7) is 8.16. The van der Waals surface area contributed by atoms with Gasteiger partial charge in [0.1, 0.15) is 5.60 Å². The van der Waals surface area contributed by atoms with Gasteiger partial charge in [-0.1, -0.05) is 48.0 Å². The molecule has 3 heterocycles. The summed E-state index contributed by atoms with van der Waals surface area (Å²) in [4.78, 5) is 26.4. The number of anilines is 1. The van der Waals surface area contributed by atoms with Crippen LogP contribution < -0.4 is 5.32 Å². The zero-order valence-corrected chi connectivity index (χ0v) is 29.7. The number of para-hydroxylation sites is 1. The Labute approximate surface area is 288 Å². The van der Waals surface area contributed by atoms with Crippen LogP contribution in [0.25, 0.3) is 22.2 Å². The molecule has 12 heteroatoms. The predicted octanol–water partition coefficient (Wildman–Crippen LogP) is 7.29. The van der Waals surface area contributed by atoms with E-state index in [4.69, 9.17) is 21.3 Å². The van der Waals surface area contributed by atoms with Crippen molar-refractivity contribution in [3.8, 4) is 11.3 Å². The number of piperidine rings is 1. The molecule has 256 valence electrons. The Morgan fingerprint density at radius 3 is 2.48 bits per heavy atom. The molecule has 6 rings (SSSR count). The van der Waals surface area contributed by atoms with Gasteiger partial charge in [-0.05, 0) is 90.5 Å². The van der Waals surface area contributed by atoms with Crippen LogP contribution >= 0.6 is 11.6 Å². The smallest absolute Gasteiger partial charge is 0.410 e. The van der Waals surface area contributed by atoms with Crippen molar-refractivity contribution in [3.05, 3.63) is 72.0 Å². The van der Waals surface area contributed by atoms with Crippen LogP contribution in [0.4, 0.5) is 10.7 Å². The number of fused-ring (bicyclic) bond motifs is 1. The molecule has 0 spiro atoms. The Bertz CT molecular complexity index is 1850. The van der Waals surface area contributed by atoms with Gasteiger partial charge >= 0.3 is 6.09 Å². The normalized spacial score (nSPS) is 19.5. The van der Waals surface area contributed by atoms with Gasteiger partial charge in [0.25, 0.3) is 10.0 Å². The maximum absolute atomic E-state index is 13.7. The molecule has 2 fully saturated rings. The average Bonchev–Trinajstić information content (AvgIpc) is 3.46. The van der Waals surface area contributed by atoms with Crippen LogP contribution in [0.15, 0.2) is 71.9 Å². The summed E-state index contributed by atoms with van der Waals surface area (Å²) in [5.41, 5.74) is 1.17. The van der Waals surface area contributed by atoms with Gasteiger partial charge in [0.15, 0.2) is 0 Å². The number of halogens is 1. The average molecular weight is 693 g/mol. The van der Waals surface area contributed by atoms with Crippen LogP contribution in [0, 0.1) is 5.92 Å². The molecular formula is C36H45ClN6O4S. The molecule has 1 amide bonds.